The topological polar surface area (TPSA) is 56.1 Å². The van der Waals surface area contributed by atoms with Crippen LogP contribution in [0.4, 0.5) is 27.8 Å². The van der Waals surface area contributed by atoms with Crippen LogP contribution in [0.5, 0.6) is 5.75 Å². The van der Waals surface area contributed by atoms with Crippen LogP contribution in [0.3, 0.4) is 0 Å². The highest BCUT2D eigenvalue weighted by molar-refractivity contribution is 6.03. The van der Waals surface area contributed by atoms with E-state index in [2.05, 4.69) is 10.4 Å². The maximum atomic E-state index is 13.9. The maximum absolute atomic E-state index is 13.9. The number of hydrogen-bond acceptors (Lipinski definition) is 3. The van der Waals surface area contributed by atoms with Gasteiger partial charge in [-0.05, 0) is 42.7 Å². The fraction of sp³-hybridized carbons (Fsp3) is 0.154. The minimum Gasteiger partial charge on any atom is -0.488 e. The molecule has 3 aromatic carbocycles. The third kappa shape index (κ3) is 5.07. The van der Waals surface area contributed by atoms with Gasteiger partial charge in [0, 0.05) is 17.8 Å². The lowest BCUT2D eigenvalue weighted by molar-refractivity contribution is 0.102. The summed E-state index contributed by atoms with van der Waals surface area (Å²) in [4.78, 5) is 12.5. The lowest BCUT2D eigenvalue weighted by Gasteiger charge is -2.12. The predicted molar refractivity (Wildman–Crippen MR) is 122 cm³/mol. The molecule has 4 rings (SSSR count). The van der Waals surface area contributed by atoms with Gasteiger partial charge in [-0.2, -0.15) is 5.10 Å². The van der Waals surface area contributed by atoms with Gasteiger partial charge in [-0.25, -0.2) is 22.0 Å². The van der Waals surface area contributed by atoms with E-state index in [0.717, 1.165) is 27.1 Å². The van der Waals surface area contributed by atoms with Gasteiger partial charge in [0.25, 0.3) is 5.91 Å². The Balaban J connectivity index is 1.40. The van der Waals surface area contributed by atoms with E-state index in [9.17, 15) is 26.7 Å². The number of benzene rings is 3. The Bertz CT molecular complexity index is 1390. The molecule has 1 amide bonds. The summed E-state index contributed by atoms with van der Waals surface area (Å²) in [6.07, 6.45) is 1.24. The molecule has 0 fully saturated rings. The molecule has 36 heavy (non-hydrogen) atoms. The first-order valence-electron chi connectivity index (χ1n) is 10.8. The van der Waals surface area contributed by atoms with Gasteiger partial charge in [0.15, 0.2) is 29.1 Å². The Morgan fingerprint density at radius 3 is 2.06 bits per heavy atom. The van der Waals surface area contributed by atoms with E-state index in [1.807, 2.05) is 32.0 Å². The second kappa shape index (κ2) is 10.2. The number of carbonyl (C=O) groups is 1. The van der Waals surface area contributed by atoms with Crippen molar-refractivity contribution >= 4 is 11.7 Å². The number of anilines is 1. The molecule has 0 unspecified atom stereocenters. The second-order valence-electron chi connectivity index (χ2n) is 8.11. The molecule has 1 aromatic heterocycles. The number of carbonyl (C=O) groups excluding carboxylic acids is 1. The van der Waals surface area contributed by atoms with Crippen LogP contribution < -0.4 is 10.1 Å². The van der Waals surface area contributed by atoms with Crippen molar-refractivity contribution in [2.45, 2.75) is 27.0 Å². The number of halogens is 5. The number of nitrogens with one attached hydrogen (secondary N) is 1. The van der Waals surface area contributed by atoms with E-state index in [1.54, 1.807) is 24.3 Å². The average Bonchev–Trinajstić information content (AvgIpc) is 3.31. The molecule has 10 heteroatoms. The summed E-state index contributed by atoms with van der Waals surface area (Å²) < 4.78 is 74.7. The zero-order chi connectivity index (χ0) is 26.0. The van der Waals surface area contributed by atoms with Gasteiger partial charge < -0.3 is 10.1 Å². The van der Waals surface area contributed by atoms with E-state index < -0.39 is 47.1 Å². The van der Waals surface area contributed by atoms with Crippen LogP contribution in [-0.2, 0) is 13.2 Å². The average molecular weight is 501 g/mol. The number of aromatic nitrogens is 2. The highest BCUT2D eigenvalue weighted by Gasteiger charge is 2.26. The van der Waals surface area contributed by atoms with Gasteiger partial charge >= 0.3 is 0 Å². The van der Waals surface area contributed by atoms with Gasteiger partial charge in [-0.1, -0.05) is 30.3 Å². The first kappa shape index (κ1) is 24.9. The fourth-order valence-corrected chi connectivity index (χ4v) is 3.59. The largest absolute Gasteiger partial charge is 0.488 e. The number of amides is 1. The molecular formula is C26H20F5N3O2. The molecule has 0 atom stereocenters. The number of para-hydroxylation sites is 1. The maximum Gasteiger partial charge on any atom is 0.256 e. The molecule has 1 N–H and O–H groups in total. The van der Waals surface area contributed by atoms with Crippen molar-refractivity contribution in [3.05, 3.63) is 112 Å². The van der Waals surface area contributed by atoms with Crippen molar-refractivity contribution in [3.63, 3.8) is 0 Å². The standard InChI is InChI=1S/C26H20F5N3O2/c1-14-4-3-5-15(2)25(14)36-13-16-6-8-17(9-7-16)26(35)32-19-10-11-34(33-19)12-18-20(27)22(29)24(31)23(30)21(18)28/h3-11H,12-13H2,1-2H3,(H,32,33,35). The normalized spacial score (nSPS) is 11.0. The lowest BCUT2D eigenvalue weighted by atomic mass is 10.1. The molecule has 0 bridgehead atoms. The van der Waals surface area contributed by atoms with Gasteiger partial charge in [-0.3, -0.25) is 9.48 Å². The highest BCUT2D eigenvalue weighted by Crippen LogP contribution is 2.25. The molecule has 0 saturated heterocycles. The van der Waals surface area contributed by atoms with Crippen molar-refractivity contribution in [1.29, 1.82) is 0 Å². The zero-order valence-electron chi connectivity index (χ0n) is 19.2. The van der Waals surface area contributed by atoms with Gasteiger partial charge in [-0.15, -0.1) is 0 Å². The molecule has 186 valence electrons. The van der Waals surface area contributed by atoms with Crippen molar-refractivity contribution in [2.75, 3.05) is 5.32 Å². The molecule has 0 radical (unpaired) electrons. The van der Waals surface area contributed by atoms with Crippen LogP contribution in [0.2, 0.25) is 0 Å². The number of rotatable bonds is 7. The minimum absolute atomic E-state index is 0.0336. The molecule has 4 aromatic rings. The third-order valence-corrected chi connectivity index (χ3v) is 5.51. The molecule has 0 aliphatic carbocycles. The summed E-state index contributed by atoms with van der Waals surface area (Å²) in [5.74, 6) is -9.83. The minimum atomic E-state index is -2.23. The zero-order valence-corrected chi connectivity index (χ0v) is 19.2. The first-order valence-corrected chi connectivity index (χ1v) is 10.8. The smallest absolute Gasteiger partial charge is 0.256 e. The van der Waals surface area contributed by atoms with E-state index in [1.165, 1.54) is 12.3 Å². The Hall–Kier alpha value is -4.21. The molecule has 0 aliphatic heterocycles. The SMILES string of the molecule is Cc1cccc(C)c1OCc1ccc(C(=O)Nc2ccn(Cc3c(F)c(F)c(F)c(F)c3F)n2)cc1. The van der Waals surface area contributed by atoms with Crippen LogP contribution in [0.25, 0.3) is 0 Å². The number of ether oxygens (including phenoxy) is 1. The molecule has 0 spiro atoms. The summed E-state index contributed by atoms with van der Waals surface area (Å²) in [6, 6.07) is 13.9. The van der Waals surface area contributed by atoms with Gasteiger partial charge in [0.2, 0.25) is 5.82 Å². The predicted octanol–water partition coefficient (Wildman–Crippen LogP) is 6.08. The van der Waals surface area contributed by atoms with Gasteiger partial charge in [0.1, 0.15) is 12.4 Å². The van der Waals surface area contributed by atoms with E-state index in [4.69, 9.17) is 4.74 Å². The quantitative estimate of drug-likeness (QED) is 0.190. The highest BCUT2D eigenvalue weighted by atomic mass is 19.2. The Labute approximate surface area is 203 Å². The number of aryl methyl sites for hydroxylation is 2. The van der Waals surface area contributed by atoms with Crippen LogP contribution in [0.1, 0.15) is 32.6 Å². The monoisotopic (exact) mass is 501 g/mol. The van der Waals surface area contributed by atoms with E-state index in [0.29, 0.717) is 12.2 Å². The van der Waals surface area contributed by atoms with Gasteiger partial charge in [0.05, 0.1) is 12.1 Å². The molecular weight excluding hydrogens is 481 g/mol. The van der Waals surface area contributed by atoms with Crippen LogP contribution in [0, 0.1) is 42.9 Å². The summed E-state index contributed by atoms with van der Waals surface area (Å²) in [5.41, 5.74) is 2.17. The summed E-state index contributed by atoms with van der Waals surface area (Å²) >= 11 is 0. The Morgan fingerprint density at radius 2 is 1.44 bits per heavy atom. The Morgan fingerprint density at radius 1 is 0.861 bits per heavy atom. The molecule has 0 aliphatic rings. The van der Waals surface area contributed by atoms with Crippen LogP contribution in [0.15, 0.2) is 54.7 Å². The molecule has 0 saturated carbocycles. The van der Waals surface area contributed by atoms with Crippen LogP contribution >= 0.6 is 0 Å². The van der Waals surface area contributed by atoms with E-state index in [-0.39, 0.29) is 5.82 Å². The summed E-state index contributed by atoms with van der Waals surface area (Å²) in [7, 11) is 0. The van der Waals surface area contributed by atoms with Crippen LogP contribution in [-0.4, -0.2) is 15.7 Å². The summed E-state index contributed by atoms with van der Waals surface area (Å²) in [6.45, 7) is 3.51. The molecule has 5 nitrogen and oxygen atoms in total. The molecule has 1 heterocycles. The second-order valence-corrected chi connectivity index (χ2v) is 8.11. The third-order valence-electron chi connectivity index (χ3n) is 5.51. The summed E-state index contributed by atoms with van der Waals surface area (Å²) in [5, 5.41) is 6.44. The lowest BCUT2D eigenvalue weighted by Crippen LogP contribution is -2.14. The number of nitrogens with zero attached hydrogens (tertiary/aromatic N) is 2. The van der Waals surface area contributed by atoms with Crippen molar-refractivity contribution < 1.29 is 31.5 Å². The number of hydrogen-bond donors (Lipinski definition) is 1. The van der Waals surface area contributed by atoms with Crippen molar-refractivity contribution in [3.8, 4) is 5.75 Å². The van der Waals surface area contributed by atoms with Crippen molar-refractivity contribution in [1.82, 2.24) is 9.78 Å². The van der Waals surface area contributed by atoms with E-state index >= 15 is 0 Å². The fourth-order valence-electron chi connectivity index (χ4n) is 3.59. The van der Waals surface area contributed by atoms with Crippen molar-refractivity contribution in [2.24, 2.45) is 0 Å². The Kier molecular flexibility index (Phi) is 7.05. The first-order chi connectivity index (χ1) is 17.2.